The fourth-order valence-electron chi connectivity index (χ4n) is 1.60. The molecule has 1 atom stereocenters. The highest BCUT2D eigenvalue weighted by Gasteiger charge is 2.28. The predicted octanol–water partition coefficient (Wildman–Crippen LogP) is -0.421. The van der Waals surface area contributed by atoms with Crippen LogP contribution < -0.4 is 11.1 Å². The molecule has 0 spiro atoms. The molecule has 1 unspecified atom stereocenters. The molecule has 1 aromatic heterocycles. The Bertz CT molecular complexity index is 418. The largest absolute Gasteiger partial charge is 0.382 e. The number of aromatic nitrogens is 2. The zero-order valence-corrected chi connectivity index (χ0v) is 7.93. The van der Waals surface area contributed by atoms with Gasteiger partial charge in [0, 0.05) is 6.42 Å². The van der Waals surface area contributed by atoms with Crippen LogP contribution >= 0.6 is 0 Å². The minimum atomic E-state index is -0.347. The van der Waals surface area contributed by atoms with Crippen molar-refractivity contribution < 1.29 is 9.59 Å². The van der Waals surface area contributed by atoms with Gasteiger partial charge >= 0.3 is 0 Å². The van der Waals surface area contributed by atoms with Crippen molar-refractivity contribution in [3.63, 3.8) is 0 Å². The van der Waals surface area contributed by atoms with E-state index in [0.29, 0.717) is 18.4 Å². The topological polar surface area (TPSA) is 98.0 Å². The number of imide groups is 1. The summed E-state index contributed by atoms with van der Waals surface area (Å²) >= 11 is 0. The third-order valence-corrected chi connectivity index (χ3v) is 2.34. The van der Waals surface area contributed by atoms with Gasteiger partial charge in [-0.25, -0.2) is 0 Å². The van der Waals surface area contributed by atoms with Gasteiger partial charge in [-0.1, -0.05) is 0 Å². The van der Waals surface area contributed by atoms with Crippen LogP contribution in [-0.4, -0.2) is 22.0 Å². The van der Waals surface area contributed by atoms with Crippen LogP contribution in [0.5, 0.6) is 0 Å². The van der Waals surface area contributed by atoms with Gasteiger partial charge in [-0.15, -0.1) is 5.10 Å². The number of nitrogens with two attached hydrogens (primary N) is 1. The standard InChI is InChI=1S/C9H10N4O2/c10-7-3-5(4-11-13-7)6-1-2-8(14)12-9(6)15/h3-4,6H,1-2H2,(H2,10,13)(H,12,14,15). The summed E-state index contributed by atoms with van der Waals surface area (Å²) in [6.45, 7) is 0. The fraction of sp³-hybridized carbons (Fsp3) is 0.333. The number of hydrogen-bond acceptors (Lipinski definition) is 5. The van der Waals surface area contributed by atoms with Crippen LogP contribution in [0.4, 0.5) is 5.82 Å². The number of carbonyl (C=O) groups is 2. The number of nitrogens with zero attached hydrogens (tertiary/aromatic N) is 2. The lowest BCUT2D eigenvalue weighted by Crippen LogP contribution is -2.39. The molecule has 0 aromatic carbocycles. The molecule has 2 heterocycles. The van der Waals surface area contributed by atoms with Crippen molar-refractivity contribution in [2.24, 2.45) is 0 Å². The summed E-state index contributed by atoms with van der Waals surface area (Å²) in [5.41, 5.74) is 6.17. The zero-order chi connectivity index (χ0) is 10.8. The van der Waals surface area contributed by atoms with E-state index in [9.17, 15) is 9.59 Å². The molecule has 1 aliphatic rings. The Kier molecular flexibility index (Phi) is 2.32. The lowest BCUT2D eigenvalue weighted by molar-refractivity contribution is -0.134. The van der Waals surface area contributed by atoms with Crippen LogP contribution in [0.15, 0.2) is 12.3 Å². The van der Waals surface area contributed by atoms with Crippen molar-refractivity contribution in [3.8, 4) is 0 Å². The molecule has 0 aliphatic carbocycles. The van der Waals surface area contributed by atoms with Crippen molar-refractivity contribution in [3.05, 3.63) is 17.8 Å². The average Bonchev–Trinajstić information content (AvgIpc) is 2.17. The number of anilines is 1. The van der Waals surface area contributed by atoms with Gasteiger partial charge in [0.2, 0.25) is 11.8 Å². The quantitative estimate of drug-likeness (QED) is 0.608. The summed E-state index contributed by atoms with van der Waals surface area (Å²) in [6, 6.07) is 1.60. The van der Waals surface area contributed by atoms with Crippen molar-refractivity contribution in [1.29, 1.82) is 0 Å². The van der Waals surface area contributed by atoms with Gasteiger partial charge < -0.3 is 5.73 Å². The van der Waals surface area contributed by atoms with E-state index in [4.69, 9.17) is 5.73 Å². The van der Waals surface area contributed by atoms with Gasteiger partial charge in [-0.3, -0.25) is 14.9 Å². The van der Waals surface area contributed by atoms with E-state index in [1.54, 1.807) is 6.07 Å². The van der Waals surface area contributed by atoms with Crippen LogP contribution in [-0.2, 0) is 9.59 Å². The third kappa shape index (κ3) is 1.93. The van der Waals surface area contributed by atoms with Crippen molar-refractivity contribution in [1.82, 2.24) is 15.5 Å². The van der Waals surface area contributed by atoms with E-state index in [2.05, 4.69) is 15.5 Å². The molecule has 15 heavy (non-hydrogen) atoms. The molecule has 6 heteroatoms. The maximum atomic E-state index is 11.5. The normalized spacial score (nSPS) is 21.2. The Hall–Kier alpha value is -1.98. The lowest BCUT2D eigenvalue weighted by Gasteiger charge is -2.20. The SMILES string of the molecule is Nc1cc(C2CCC(=O)NC2=O)cnn1. The minimum absolute atomic E-state index is 0.230. The Morgan fingerprint density at radius 1 is 1.47 bits per heavy atom. The maximum Gasteiger partial charge on any atom is 0.234 e. The number of rotatable bonds is 1. The first-order chi connectivity index (χ1) is 7.16. The summed E-state index contributed by atoms with van der Waals surface area (Å²) in [5.74, 6) is -0.595. The monoisotopic (exact) mass is 206 g/mol. The van der Waals surface area contributed by atoms with Crippen molar-refractivity contribution >= 4 is 17.6 Å². The number of piperidine rings is 1. The van der Waals surface area contributed by atoms with Gasteiger partial charge in [0.05, 0.1) is 12.1 Å². The van der Waals surface area contributed by atoms with Gasteiger partial charge in [-0.05, 0) is 18.1 Å². The van der Waals surface area contributed by atoms with Crippen LogP contribution in [0.1, 0.15) is 24.3 Å². The molecule has 1 aliphatic heterocycles. The number of carbonyl (C=O) groups excluding carboxylic acids is 2. The summed E-state index contributed by atoms with van der Waals surface area (Å²) < 4.78 is 0. The molecular formula is C9H10N4O2. The number of nitrogens with one attached hydrogen (secondary N) is 1. The molecule has 0 bridgehead atoms. The summed E-state index contributed by atoms with van der Waals surface area (Å²) in [5, 5.41) is 9.56. The first-order valence-electron chi connectivity index (χ1n) is 4.58. The van der Waals surface area contributed by atoms with Crippen LogP contribution in [0, 0.1) is 0 Å². The van der Waals surface area contributed by atoms with Crippen LogP contribution in [0.3, 0.4) is 0 Å². The maximum absolute atomic E-state index is 11.5. The molecule has 3 N–H and O–H groups in total. The first-order valence-corrected chi connectivity index (χ1v) is 4.58. The van der Waals surface area contributed by atoms with E-state index in [1.807, 2.05) is 0 Å². The average molecular weight is 206 g/mol. The van der Waals surface area contributed by atoms with Gasteiger partial charge in [0.15, 0.2) is 0 Å². The van der Waals surface area contributed by atoms with Crippen LogP contribution in [0.25, 0.3) is 0 Å². The summed E-state index contributed by atoms with van der Waals surface area (Å²) in [4.78, 5) is 22.4. The molecule has 1 aromatic rings. The van der Waals surface area contributed by atoms with E-state index in [-0.39, 0.29) is 23.6 Å². The second-order valence-corrected chi connectivity index (χ2v) is 3.42. The highest BCUT2D eigenvalue weighted by atomic mass is 16.2. The lowest BCUT2D eigenvalue weighted by atomic mass is 9.92. The molecule has 78 valence electrons. The third-order valence-electron chi connectivity index (χ3n) is 2.34. The molecule has 1 fully saturated rings. The van der Waals surface area contributed by atoms with E-state index < -0.39 is 0 Å². The van der Waals surface area contributed by atoms with Gasteiger partial charge in [-0.2, -0.15) is 5.10 Å². The predicted molar refractivity (Wildman–Crippen MR) is 51.6 cm³/mol. The Labute approximate surface area is 85.9 Å². The first kappa shape index (κ1) is 9.57. The molecule has 2 amide bonds. The second kappa shape index (κ2) is 3.64. The van der Waals surface area contributed by atoms with Crippen molar-refractivity contribution in [2.45, 2.75) is 18.8 Å². The Morgan fingerprint density at radius 2 is 2.27 bits per heavy atom. The fourth-order valence-corrected chi connectivity index (χ4v) is 1.60. The highest BCUT2D eigenvalue weighted by Crippen LogP contribution is 2.24. The van der Waals surface area contributed by atoms with Crippen LogP contribution in [0.2, 0.25) is 0 Å². The zero-order valence-electron chi connectivity index (χ0n) is 7.93. The molecular weight excluding hydrogens is 196 g/mol. The van der Waals surface area contributed by atoms with E-state index >= 15 is 0 Å². The van der Waals surface area contributed by atoms with Gasteiger partial charge in [0.25, 0.3) is 0 Å². The molecule has 0 radical (unpaired) electrons. The minimum Gasteiger partial charge on any atom is -0.382 e. The second-order valence-electron chi connectivity index (χ2n) is 3.42. The highest BCUT2D eigenvalue weighted by molar-refractivity contribution is 6.00. The Balaban J connectivity index is 2.24. The molecule has 0 saturated carbocycles. The molecule has 1 saturated heterocycles. The van der Waals surface area contributed by atoms with Crippen molar-refractivity contribution in [2.75, 3.05) is 5.73 Å². The molecule has 2 rings (SSSR count). The summed E-state index contributed by atoms with van der Waals surface area (Å²) in [7, 11) is 0. The Morgan fingerprint density at radius 3 is 2.93 bits per heavy atom. The number of nitrogen functional groups attached to an aromatic ring is 1. The van der Waals surface area contributed by atoms with Gasteiger partial charge in [0.1, 0.15) is 5.82 Å². The van der Waals surface area contributed by atoms with E-state index in [0.717, 1.165) is 0 Å². The smallest absolute Gasteiger partial charge is 0.234 e. The summed E-state index contributed by atoms with van der Waals surface area (Å²) in [6.07, 6.45) is 2.34. The number of hydrogen-bond donors (Lipinski definition) is 2. The van der Waals surface area contributed by atoms with E-state index in [1.165, 1.54) is 6.20 Å². The molecule has 6 nitrogen and oxygen atoms in total. The number of amides is 2.